The zero-order valence-corrected chi connectivity index (χ0v) is 12.4. The molecule has 1 unspecified atom stereocenters. The van der Waals surface area contributed by atoms with Gasteiger partial charge in [-0.05, 0) is 30.8 Å². The number of morpholine rings is 1. The fourth-order valence-corrected chi connectivity index (χ4v) is 2.76. The van der Waals surface area contributed by atoms with Gasteiger partial charge in [0.05, 0.1) is 23.9 Å². The van der Waals surface area contributed by atoms with E-state index >= 15 is 0 Å². The molecule has 1 aromatic carbocycles. The highest BCUT2D eigenvalue weighted by molar-refractivity contribution is 5.98. The van der Waals surface area contributed by atoms with E-state index in [4.69, 9.17) is 10.5 Å². The van der Waals surface area contributed by atoms with E-state index in [-0.39, 0.29) is 6.10 Å². The molecule has 112 valence electrons. The molecule has 3 rings (SSSR count). The Morgan fingerprint density at radius 3 is 3.19 bits per heavy atom. The van der Waals surface area contributed by atoms with Crippen LogP contribution >= 0.6 is 0 Å². The first-order chi connectivity index (χ1) is 10.3. The van der Waals surface area contributed by atoms with Crippen LogP contribution in [0.15, 0.2) is 30.5 Å². The molecule has 2 heterocycles. The van der Waals surface area contributed by atoms with Gasteiger partial charge >= 0.3 is 0 Å². The highest BCUT2D eigenvalue weighted by Crippen LogP contribution is 2.26. The second-order valence-electron chi connectivity index (χ2n) is 5.37. The molecule has 5 nitrogen and oxygen atoms in total. The van der Waals surface area contributed by atoms with Gasteiger partial charge in [-0.25, -0.2) is 0 Å². The van der Waals surface area contributed by atoms with Crippen LogP contribution in [0.4, 0.5) is 11.4 Å². The van der Waals surface area contributed by atoms with Crippen LogP contribution in [0.25, 0.3) is 10.9 Å². The zero-order valence-electron chi connectivity index (χ0n) is 12.4. The van der Waals surface area contributed by atoms with E-state index in [1.54, 1.807) is 6.20 Å². The number of fused-ring (bicyclic) bond motifs is 1. The summed E-state index contributed by atoms with van der Waals surface area (Å²) >= 11 is 0. The molecule has 2 aromatic rings. The molecule has 0 radical (unpaired) electrons. The highest BCUT2D eigenvalue weighted by Gasteiger charge is 2.19. The molecule has 0 amide bonds. The fraction of sp³-hybridized carbons (Fsp3) is 0.438. The number of ether oxygens (including phenoxy) is 1. The van der Waals surface area contributed by atoms with Crippen molar-refractivity contribution in [2.75, 3.05) is 43.8 Å². The Morgan fingerprint density at radius 2 is 2.33 bits per heavy atom. The molecule has 21 heavy (non-hydrogen) atoms. The number of benzene rings is 1. The lowest BCUT2D eigenvalue weighted by molar-refractivity contribution is -0.0191. The maximum atomic E-state index is 5.98. The number of nitrogens with zero attached hydrogens (tertiary/aromatic N) is 2. The molecule has 5 heteroatoms. The Morgan fingerprint density at radius 1 is 1.43 bits per heavy atom. The first-order valence-corrected chi connectivity index (χ1v) is 7.49. The van der Waals surface area contributed by atoms with Gasteiger partial charge in [-0.3, -0.25) is 9.88 Å². The standard InChI is InChI=1S/C16H22N4O/c1-2-20-8-9-21-12(11-20)10-19-15-6-5-14(17)16-13(15)4-3-7-18-16/h3-7,12,19H,2,8-11,17H2,1H3. The minimum Gasteiger partial charge on any atom is -0.397 e. The second kappa shape index (κ2) is 6.28. The molecule has 1 atom stereocenters. The fourth-order valence-electron chi connectivity index (χ4n) is 2.76. The molecule has 0 bridgehead atoms. The van der Waals surface area contributed by atoms with E-state index in [0.29, 0.717) is 5.69 Å². The number of nitrogens with one attached hydrogen (secondary N) is 1. The molecule has 0 saturated carbocycles. The number of anilines is 2. The number of rotatable bonds is 4. The molecule has 1 aliphatic rings. The first kappa shape index (κ1) is 14.1. The minimum atomic E-state index is 0.225. The van der Waals surface area contributed by atoms with Crippen molar-refractivity contribution in [1.82, 2.24) is 9.88 Å². The zero-order chi connectivity index (χ0) is 14.7. The van der Waals surface area contributed by atoms with Gasteiger partial charge in [0.15, 0.2) is 0 Å². The minimum absolute atomic E-state index is 0.225. The summed E-state index contributed by atoms with van der Waals surface area (Å²) in [5.74, 6) is 0. The van der Waals surface area contributed by atoms with Crippen molar-refractivity contribution in [3.63, 3.8) is 0 Å². The van der Waals surface area contributed by atoms with E-state index in [1.807, 2.05) is 24.3 Å². The van der Waals surface area contributed by atoms with Gasteiger partial charge in [0, 0.05) is 36.9 Å². The maximum Gasteiger partial charge on any atom is 0.0951 e. The topological polar surface area (TPSA) is 63.4 Å². The van der Waals surface area contributed by atoms with Crippen LogP contribution in [-0.2, 0) is 4.74 Å². The Hall–Kier alpha value is -1.85. The van der Waals surface area contributed by atoms with Crippen molar-refractivity contribution in [3.05, 3.63) is 30.5 Å². The molecule has 0 aliphatic carbocycles. The predicted molar refractivity (Wildman–Crippen MR) is 86.5 cm³/mol. The summed E-state index contributed by atoms with van der Waals surface area (Å²) in [7, 11) is 0. The van der Waals surface area contributed by atoms with Gasteiger partial charge < -0.3 is 15.8 Å². The molecule has 3 N–H and O–H groups in total. The lowest BCUT2D eigenvalue weighted by atomic mass is 10.1. The van der Waals surface area contributed by atoms with Gasteiger partial charge in [-0.15, -0.1) is 0 Å². The Labute approximate surface area is 125 Å². The number of hydrogen-bond donors (Lipinski definition) is 2. The van der Waals surface area contributed by atoms with Gasteiger partial charge in [0.1, 0.15) is 0 Å². The van der Waals surface area contributed by atoms with Crippen molar-refractivity contribution >= 4 is 22.3 Å². The normalized spacial score (nSPS) is 19.8. The van der Waals surface area contributed by atoms with Crippen molar-refractivity contribution in [2.24, 2.45) is 0 Å². The smallest absolute Gasteiger partial charge is 0.0951 e. The third-order valence-corrected chi connectivity index (χ3v) is 3.99. The molecule has 1 aromatic heterocycles. The average Bonchev–Trinajstić information content (AvgIpc) is 2.55. The Bertz CT molecular complexity index is 616. The van der Waals surface area contributed by atoms with Crippen LogP contribution in [0.2, 0.25) is 0 Å². The summed E-state index contributed by atoms with van der Waals surface area (Å²) in [4.78, 5) is 6.77. The number of likely N-dealkylation sites (N-methyl/N-ethyl adjacent to an activating group) is 1. The summed E-state index contributed by atoms with van der Waals surface area (Å²) in [6.45, 7) is 6.88. The van der Waals surface area contributed by atoms with E-state index in [2.05, 4.69) is 22.1 Å². The number of hydrogen-bond acceptors (Lipinski definition) is 5. The third kappa shape index (κ3) is 3.09. The van der Waals surface area contributed by atoms with E-state index in [0.717, 1.165) is 49.4 Å². The molecular weight excluding hydrogens is 264 g/mol. The first-order valence-electron chi connectivity index (χ1n) is 7.49. The molecular formula is C16H22N4O. The average molecular weight is 286 g/mol. The van der Waals surface area contributed by atoms with E-state index in [9.17, 15) is 0 Å². The van der Waals surface area contributed by atoms with Gasteiger partial charge in [0.25, 0.3) is 0 Å². The van der Waals surface area contributed by atoms with E-state index < -0.39 is 0 Å². The molecule has 1 fully saturated rings. The lowest BCUT2D eigenvalue weighted by Gasteiger charge is -2.32. The maximum absolute atomic E-state index is 5.98. The lowest BCUT2D eigenvalue weighted by Crippen LogP contribution is -2.45. The summed E-state index contributed by atoms with van der Waals surface area (Å²) < 4.78 is 5.82. The second-order valence-corrected chi connectivity index (χ2v) is 5.37. The van der Waals surface area contributed by atoms with Crippen LogP contribution in [0.5, 0.6) is 0 Å². The largest absolute Gasteiger partial charge is 0.397 e. The van der Waals surface area contributed by atoms with Crippen LogP contribution in [0.3, 0.4) is 0 Å². The van der Waals surface area contributed by atoms with Gasteiger partial charge in [-0.1, -0.05) is 6.92 Å². The number of pyridine rings is 1. The summed E-state index contributed by atoms with van der Waals surface area (Å²) in [5, 5.41) is 4.54. The monoisotopic (exact) mass is 286 g/mol. The predicted octanol–water partition coefficient (Wildman–Crippen LogP) is 1.95. The van der Waals surface area contributed by atoms with Gasteiger partial charge in [-0.2, -0.15) is 0 Å². The van der Waals surface area contributed by atoms with Crippen molar-refractivity contribution in [2.45, 2.75) is 13.0 Å². The van der Waals surface area contributed by atoms with Crippen molar-refractivity contribution in [3.8, 4) is 0 Å². The summed E-state index contributed by atoms with van der Waals surface area (Å²) in [5.41, 5.74) is 8.60. The Balaban J connectivity index is 1.72. The van der Waals surface area contributed by atoms with Gasteiger partial charge in [0.2, 0.25) is 0 Å². The quantitative estimate of drug-likeness (QED) is 0.841. The van der Waals surface area contributed by atoms with Crippen LogP contribution in [0.1, 0.15) is 6.92 Å². The summed E-state index contributed by atoms with van der Waals surface area (Å²) in [6, 6.07) is 7.89. The van der Waals surface area contributed by atoms with E-state index in [1.165, 1.54) is 0 Å². The SMILES string of the molecule is CCN1CCOC(CNc2ccc(N)c3ncccc23)C1. The number of nitrogen functional groups attached to an aromatic ring is 1. The number of nitrogens with two attached hydrogens (primary N) is 1. The highest BCUT2D eigenvalue weighted by atomic mass is 16.5. The van der Waals surface area contributed by atoms with Crippen molar-refractivity contribution in [1.29, 1.82) is 0 Å². The van der Waals surface area contributed by atoms with Crippen LogP contribution < -0.4 is 11.1 Å². The molecule has 1 aliphatic heterocycles. The molecule has 1 saturated heterocycles. The Kier molecular flexibility index (Phi) is 4.22. The third-order valence-electron chi connectivity index (χ3n) is 3.99. The number of aromatic nitrogens is 1. The van der Waals surface area contributed by atoms with Crippen LogP contribution in [0, 0.1) is 0 Å². The van der Waals surface area contributed by atoms with Crippen LogP contribution in [-0.4, -0.2) is 48.8 Å². The summed E-state index contributed by atoms with van der Waals surface area (Å²) in [6.07, 6.45) is 1.99. The van der Waals surface area contributed by atoms with Crippen molar-refractivity contribution < 1.29 is 4.74 Å². The molecule has 0 spiro atoms.